The van der Waals surface area contributed by atoms with Crippen molar-refractivity contribution in [3.8, 4) is 0 Å². The highest BCUT2D eigenvalue weighted by molar-refractivity contribution is 5.78. The second kappa shape index (κ2) is 5.64. The van der Waals surface area contributed by atoms with E-state index in [2.05, 4.69) is 18.2 Å². The number of rotatable bonds is 3. The Labute approximate surface area is 101 Å². The van der Waals surface area contributed by atoms with E-state index in [0.29, 0.717) is 6.54 Å². The Bertz CT molecular complexity index is 411. The van der Waals surface area contributed by atoms with Gasteiger partial charge in [-0.25, -0.2) is 0 Å². The van der Waals surface area contributed by atoms with Gasteiger partial charge >= 0.3 is 0 Å². The summed E-state index contributed by atoms with van der Waals surface area (Å²) in [4.78, 5) is 13.4. The molecule has 1 N–H and O–H groups in total. The van der Waals surface area contributed by atoms with Gasteiger partial charge in [-0.2, -0.15) is 0 Å². The third-order valence-electron chi connectivity index (χ3n) is 3.03. The molecule has 0 spiro atoms. The van der Waals surface area contributed by atoms with Crippen molar-refractivity contribution in [3.63, 3.8) is 0 Å². The van der Waals surface area contributed by atoms with E-state index in [0.717, 1.165) is 13.0 Å². The lowest BCUT2D eigenvalue weighted by Gasteiger charge is -2.26. The molecule has 1 aromatic rings. The van der Waals surface area contributed by atoms with Crippen molar-refractivity contribution in [2.75, 3.05) is 19.7 Å². The lowest BCUT2D eigenvalue weighted by molar-refractivity contribution is -0.131. The molecule has 0 unspecified atom stereocenters. The van der Waals surface area contributed by atoms with Gasteiger partial charge in [-0.1, -0.05) is 36.4 Å². The number of benzene rings is 1. The summed E-state index contributed by atoms with van der Waals surface area (Å²) in [5.74, 6) is 0.0378. The molecule has 0 saturated carbocycles. The third-order valence-corrected chi connectivity index (χ3v) is 3.03. The molecule has 2 rings (SSSR count). The predicted molar refractivity (Wildman–Crippen MR) is 67.3 cm³/mol. The van der Waals surface area contributed by atoms with E-state index < -0.39 is 0 Å². The second-order valence-electron chi connectivity index (χ2n) is 4.16. The van der Waals surface area contributed by atoms with Crippen molar-refractivity contribution < 1.29 is 9.90 Å². The zero-order chi connectivity index (χ0) is 12.1. The first-order valence-electron chi connectivity index (χ1n) is 5.94. The molecule has 1 amide bonds. The Kier molecular flexibility index (Phi) is 3.94. The van der Waals surface area contributed by atoms with Crippen molar-refractivity contribution in [3.05, 3.63) is 42.0 Å². The number of carbonyl (C=O) groups excluding carboxylic acids is 1. The number of amides is 1. The first-order valence-corrected chi connectivity index (χ1v) is 5.94. The summed E-state index contributed by atoms with van der Waals surface area (Å²) in [5, 5.41) is 8.73. The summed E-state index contributed by atoms with van der Waals surface area (Å²) in [6.07, 6.45) is 3.23. The SMILES string of the molecule is O=C(CCO)N1CC=C(c2ccccc2)CC1. The van der Waals surface area contributed by atoms with Crippen LogP contribution in [0.25, 0.3) is 5.57 Å². The van der Waals surface area contributed by atoms with Gasteiger partial charge in [-0.3, -0.25) is 4.79 Å². The molecule has 0 fully saturated rings. The Balaban J connectivity index is 2.00. The Hall–Kier alpha value is -1.61. The molecule has 17 heavy (non-hydrogen) atoms. The molecule has 0 aliphatic carbocycles. The summed E-state index contributed by atoms with van der Waals surface area (Å²) in [7, 11) is 0. The molecule has 1 aliphatic rings. The highest BCUT2D eigenvalue weighted by Crippen LogP contribution is 2.22. The minimum absolute atomic E-state index is 0.0378. The van der Waals surface area contributed by atoms with Gasteiger partial charge in [0.15, 0.2) is 0 Å². The summed E-state index contributed by atoms with van der Waals surface area (Å²) in [5.41, 5.74) is 2.54. The van der Waals surface area contributed by atoms with Crippen LogP contribution in [0.1, 0.15) is 18.4 Å². The number of carbonyl (C=O) groups is 1. The second-order valence-corrected chi connectivity index (χ2v) is 4.16. The Morgan fingerprint density at radius 1 is 1.29 bits per heavy atom. The zero-order valence-electron chi connectivity index (χ0n) is 9.80. The van der Waals surface area contributed by atoms with E-state index in [4.69, 9.17) is 5.11 Å². The van der Waals surface area contributed by atoms with Crippen LogP contribution in [-0.4, -0.2) is 35.6 Å². The zero-order valence-corrected chi connectivity index (χ0v) is 9.80. The van der Waals surface area contributed by atoms with Crippen molar-refractivity contribution >= 4 is 11.5 Å². The van der Waals surface area contributed by atoms with Crippen LogP contribution in [0.5, 0.6) is 0 Å². The van der Waals surface area contributed by atoms with Gasteiger partial charge in [0.2, 0.25) is 5.91 Å². The van der Waals surface area contributed by atoms with Crippen LogP contribution in [0.2, 0.25) is 0 Å². The molecule has 1 aliphatic heterocycles. The summed E-state index contributed by atoms with van der Waals surface area (Å²) in [6.45, 7) is 1.34. The first-order chi connectivity index (χ1) is 8.31. The monoisotopic (exact) mass is 231 g/mol. The molecule has 0 radical (unpaired) electrons. The van der Waals surface area contributed by atoms with Crippen molar-refractivity contribution in [2.45, 2.75) is 12.8 Å². The Morgan fingerprint density at radius 3 is 2.65 bits per heavy atom. The minimum atomic E-state index is -0.0649. The van der Waals surface area contributed by atoms with Gasteiger partial charge < -0.3 is 10.0 Å². The maximum atomic E-state index is 11.6. The van der Waals surface area contributed by atoms with Gasteiger partial charge in [0.05, 0.1) is 6.61 Å². The molecule has 3 nitrogen and oxygen atoms in total. The number of aliphatic hydroxyl groups is 1. The average molecular weight is 231 g/mol. The van der Waals surface area contributed by atoms with Crippen LogP contribution in [0.4, 0.5) is 0 Å². The lowest BCUT2D eigenvalue weighted by atomic mass is 9.99. The minimum Gasteiger partial charge on any atom is -0.396 e. The molecular formula is C14H17NO2. The normalized spacial score (nSPS) is 15.6. The fourth-order valence-electron chi connectivity index (χ4n) is 2.06. The molecule has 0 aromatic heterocycles. The van der Waals surface area contributed by atoms with Crippen molar-refractivity contribution in [2.24, 2.45) is 0 Å². The van der Waals surface area contributed by atoms with E-state index >= 15 is 0 Å². The number of aliphatic hydroxyl groups excluding tert-OH is 1. The fourth-order valence-corrected chi connectivity index (χ4v) is 2.06. The molecular weight excluding hydrogens is 214 g/mol. The van der Waals surface area contributed by atoms with E-state index in [-0.39, 0.29) is 18.9 Å². The summed E-state index contributed by atoms with van der Waals surface area (Å²) in [6, 6.07) is 10.2. The van der Waals surface area contributed by atoms with E-state index in [1.54, 1.807) is 4.90 Å². The molecule has 0 bridgehead atoms. The van der Waals surface area contributed by atoms with Crippen LogP contribution in [-0.2, 0) is 4.79 Å². The van der Waals surface area contributed by atoms with Gasteiger partial charge in [0, 0.05) is 19.5 Å². The van der Waals surface area contributed by atoms with Crippen LogP contribution in [0.15, 0.2) is 36.4 Å². The maximum Gasteiger partial charge on any atom is 0.225 e. The standard InChI is InChI=1S/C14H17NO2/c16-11-8-14(17)15-9-6-13(7-10-15)12-4-2-1-3-5-12/h1-6,16H,7-11H2. The van der Waals surface area contributed by atoms with Crippen molar-refractivity contribution in [1.29, 1.82) is 0 Å². The smallest absolute Gasteiger partial charge is 0.225 e. The highest BCUT2D eigenvalue weighted by atomic mass is 16.3. The molecule has 1 aromatic carbocycles. The van der Waals surface area contributed by atoms with Gasteiger partial charge in [-0.05, 0) is 17.6 Å². The molecule has 0 atom stereocenters. The largest absolute Gasteiger partial charge is 0.396 e. The predicted octanol–water partition coefficient (Wildman–Crippen LogP) is 1.68. The maximum absolute atomic E-state index is 11.6. The quantitative estimate of drug-likeness (QED) is 0.860. The molecule has 90 valence electrons. The van der Waals surface area contributed by atoms with Gasteiger partial charge in [0.1, 0.15) is 0 Å². The van der Waals surface area contributed by atoms with Crippen LogP contribution < -0.4 is 0 Å². The van der Waals surface area contributed by atoms with Crippen molar-refractivity contribution in [1.82, 2.24) is 4.90 Å². The molecule has 1 heterocycles. The van der Waals surface area contributed by atoms with Gasteiger partial charge in [0.25, 0.3) is 0 Å². The van der Waals surface area contributed by atoms with Crippen LogP contribution >= 0.6 is 0 Å². The first kappa shape index (κ1) is 11.9. The highest BCUT2D eigenvalue weighted by Gasteiger charge is 2.16. The summed E-state index contributed by atoms with van der Waals surface area (Å²) < 4.78 is 0. The van der Waals surface area contributed by atoms with E-state index in [1.165, 1.54) is 11.1 Å². The summed E-state index contributed by atoms with van der Waals surface area (Å²) >= 11 is 0. The number of hydrogen-bond acceptors (Lipinski definition) is 2. The topological polar surface area (TPSA) is 40.5 Å². The number of nitrogens with zero attached hydrogens (tertiary/aromatic N) is 1. The van der Waals surface area contributed by atoms with Gasteiger partial charge in [-0.15, -0.1) is 0 Å². The fraction of sp³-hybridized carbons (Fsp3) is 0.357. The number of hydrogen-bond donors (Lipinski definition) is 1. The molecule has 0 saturated heterocycles. The van der Waals surface area contributed by atoms with E-state index in [9.17, 15) is 4.79 Å². The average Bonchev–Trinajstić information content (AvgIpc) is 2.40. The molecule has 3 heteroatoms. The van der Waals surface area contributed by atoms with Crippen LogP contribution in [0.3, 0.4) is 0 Å². The third kappa shape index (κ3) is 2.94. The van der Waals surface area contributed by atoms with Crippen LogP contribution in [0, 0.1) is 0 Å². The lowest BCUT2D eigenvalue weighted by Crippen LogP contribution is -2.34. The van der Waals surface area contributed by atoms with E-state index in [1.807, 2.05) is 18.2 Å². The Morgan fingerprint density at radius 2 is 2.06 bits per heavy atom.